The summed E-state index contributed by atoms with van der Waals surface area (Å²) in [6.07, 6.45) is 11.5. The smallest absolute Gasteiger partial charge is 0.224 e. The summed E-state index contributed by atoms with van der Waals surface area (Å²) in [5.74, 6) is 2.24. The Bertz CT molecular complexity index is 517. The first-order chi connectivity index (χ1) is 10.2. The van der Waals surface area contributed by atoms with Crippen LogP contribution in [0, 0.1) is 17.8 Å². The monoisotopic (exact) mass is 340 g/mol. The molecule has 1 amide bonds. The van der Waals surface area contributed by atoms with E-state index < -0.39 is 0 Å². The minimum absolute atomic E-state index is 0. The number of aliphatic imine (C=N–C) groups is 1. The predicted octanol–water partition coefficient (Wildman–Crippen LogP) is 3.61. The summed E-state index contributed by atoms with van der Waals surface area (Å²) >= 11 is 1.94. The van der Waals surface area contributed by atoms with Crippen LogP contribution in [0.25, 0.3) is 0 Å². The number of rotatable bonds is 4. The quantitative estimate of drug-likeness (QED) is 0.849. The van der Waals surface area contributed by atoms with Crippen molar-refractivity contribution in [1.82, 2.24) is 5.32 Å². The van der Waals surface area contributed by atoms with Gasteiger partial charge in [0.15, 0.2) is 0 Å². The van der Waals surface area contributed by atoms with Crippen LogP contribution in [0.2, 0.25) is 0 Å². The van der Waals surface area contributed by atoms with Crippen molar-refractivity contribution in [2.24, 2.45) is 22.7 Å². The average molecular weight is 341 g/mol. The summed E-state index contributed by atoms with van der Waals surface area (Å²) in [5, 5.41) is 3.17. The standard InChI is InChI=1S/C17H24N2OS.ClH/c1-3-12(2)10-19-16(20)13-11-21-17-8-5-4-6-15(17)18-9-7-14(13)17;/h4-6,9,12-14H,3,7-8,10-11H2,1-2H3,(H,19,20);1H/t12?,13?,14?,17-;/m0./s1. The van der Waals surface area contributed by atoms with Gasteiger partial charge in [0.1, 0.15) is 0 Å². The lowest BCUT2D eigenvalue weighted by Gasteiger charge is -2.39. The van der Waals surface area contributed by atoms with E-state index >= 15 is 0 Å². The predicted molar refractivity (Wildman–Crippen MR) is 96.8 cm³/mol. The second-order valence-electron chi connectivity index (χ2n) is 6.40. The Morgan fingerprint density at radius 1 is 1.59 bits per heavy atom. The summed E-state index contributed by atoms with van der Waals surface area (Å²) in [7, 11) is 0. The number of hydrogen-bond donors (Lipinski definition) is 1. The summed E-state index contributed by atoms with van der Waals surface area (Å²) in [6, 6.07) is 0. The van der Waals surface area contributed by atoms with Crippen molar-refractivity contribution in [3.63, 3.8) is 0 Å². The van der Waals surface area contributed by atoms with Gasteiger partial charge in [-0.2, -0.15) is 0 Å². The Balaban J connectivity index is 0.00000176. The van der Waals surface area contributed by atoms with Crippen LogP contribution in [-0.4, -0.2) is 29.2 Å². The molecule has 3 aliphatic rings. The zero-order valence-electron chi connectivity index (χ0n) is 13.2. The molecule has 5 heteroatoms. The van der Waals surface area contributed by atoms with Gasteiger partial charge < -0.3 is 5.32 Å². The number of nitrogens with zero attached hydrogens (tertiary/aromatic N) is 1. The van der Waals surface area contributed by atoms with Crippen LogP contribution in [0.3, 0.4) is 0 Å². The van der Waals surface area contributed by atoms with Crippen LogP contribution >= 0.6 is 24.2 Å². The van der Waals surface area contributed by atoms with E-state index in [2.05, 4.69) is 42.4 Å². The fourth-order valence-electron chi connectivity index (χ4n) is 3.49. The molecule has 0 bridgehead atoms. The molecule has 1 spiro atoms. The normalized spacial score (nSPS) is 33.3. The third-order valence-electron chi connectivity index (χ3n) is 5.10. The fraction of sp³-hybridized carbons (Fsp3) is 0.647. The van der Waals surface area contributed by atoms with E-state index in [0.717, 1.165) is 31.6 Å². The van der Waals surface area contributed by atoms with E-state index in [1.54, 1.807) is 0 Å². The number of carbonyl (C=O) groups excluding carboxylic acids is 1. The number of allylic oxidation sites excluding steroid dienone is 3. The Hall–Kier alpha value is -0.740. The number of carbonyl (C=O) groups is 1. The minimum atomic E-state index is 0. The highest BCUT2D eigenvalue weighted by atomic mass is 35.5. The first-order valence-electron chi connectivity index (χ1n) is 7.99. The molecular formula is C17H25ClN2OS. The maximum atomic E-state index is 12.6. The van der Waals surface area contributed by atoms with E-state index in [1.165, 1.54) is 5.70 Å². The lowest BCUT2D eigenvalue weighted by Crippen LogP contribution is -2.43. The number of amides is 1. The zero-order valence-corrected chi connectivity index (χ0v) is 14.9. The van der Waals surface area contributed by atoms with Crippen LogP contribution in [-0.2, 0) is 4.79 Å². The lowest BCUT2D eigenvalue weighted by molar-refractivity contribution is -0.126. The molecule has 3 nitrogen and oxygen atoms in total. The summed E-state index contributed by atoms with van der Waals surface area (Å²) in [4.78, 5) is 17.2. The van der Waals surface area contributed by atoms with Crippen LogP contribution in [0.4, 0.5) is 0 Å². The third-order valence-corrected chi connectivity index (χ3v) is 6.82. The van der Waals surface area contributed by atoms with Gasteiger partial charge in [0.2, 0.25) is 5.91 Å². The molecule has 2 aliphatic heterocycles. The maximum Gasteiger partial charge on any atom is 0.224 e. The topological polar surface area (TPSA) is 41.5 Å². The van der Waals surface area contributed by atoms with Gasteiger partial charge in [-0.15, -0.1) is 24.2 Å². The van der Waals surface area contributed by atoms with Gasteiger partial charge >= 0.3 is 0 Å². The molecule has 1 saturated heterocycles. The van der Waals surface area contributed by atoms with E-state index in [-0.39, 0.29) is 29.0 Å². The molecule has 0 aromatic carbocycles. The Morgan fingerprint density at radius 3 is 3.18 bits per heavy atom. The van der Waals surface area contributed by atoms with Crippen LogP contribution in [0.1, 0.15) is 33.1 Å². The molecule has 4 atom stereocenters. The number of halogens is 1. The van der Waals surface area contributed by atoms with Crippen molar-refractivity contribution in [2.45, 2.75) is 37.9 Å². The highest BCUT2D eigenvalue weighted by Gasteiger charge is 2.54. The summed E-state index contributed by atoms with van der Waals surface area (Å²) in [6.45, 7) is 5.15. The van der Waals surface area contributed by atoms with Gasteiger partial charge in [-0.05, 0) is 30.8 Å². The summed E-state index contributed by atoms with van der Waals surface area (Å²) in [5.41, 5.74) is 1.17. The SMILES string of the molecule is CCC(C)CNC(=O)C1CS[C@]23CC=CC=C2N=CCC13.Cl. The van der Waals surface area contributed by atoms with Crippen molar-refractivity contribution < 1.29 is 4.79 Å². The second-order valence-corrected chi connectivity index (χ2v) is 7.75. The zero-order chi connectivity index (χ0) is 14.9. The Morgan fingerprint density at radius 2 is 2.41 bits per heavy atom. The highest BCUT2D eigenvalue weighted by Crippen LogP contribution is 2.56. The molecular weight excluding hydrogens is 316 g/mol. The molecule has 22 heavy (non-hydrogen) atoms. The molecule has 0 saturated carbocycles. The van der Waals surface area contributed by atoms with Gasteiger partial charge in [-0.25, -0.2) is 0 Å². The molecule has 0 aromatic heterocycles. The van der Waals surface area contributed by atoms with Crippen molar-refractivity contribution in [3.8, 4) is 0 Å². The highest BCUT2D eigenvalue weighted by molar-refractivity contribution is 8.01. The Kier molecular flexibility index (Phi) is 5.78. The van der Waals surface area contributed by atoms with Gasteiger partial charge in [0, 0.05) is 18.5 Å². The molecule has 122 valence electrons. The molecule has 0 radical (unpaired) electrons. The van der Waals surface area contributed by atoms with E-state index in [4.69, 9.17) is 0 Å². The van der Waals surface area contributed by atoms with Crippen molar-refractivity contribution >= 4 is 36.3 Å². The van der Waals surface area contributed by atoms with Crippen LogP contribution < -0.4 is 5.32 Å². The molecule has 1 fully saturated rings. The molecule has 3 rings (SSSR count). The van der Waals surface area contributed by atoms with E-state index in [9.17, 15) is 4.79 Å². The lowest BCUT2D eigenvalue weighted by atomic mass is 9.73. The Labute approximate surface area is 143 Å². The van der Waals surface area contributed by atoms with Gasteiger partial charge in [0.25, 0.3) is 0 Å². The van der Waals surface area contributed by atoms with E-state index in [1.807, 2.05) is 18.0 Å². The first kappa shape index (κ1) is 17.6. The minimum Gasteiger partial charge on any atom is -0.356 e. The fourth-order valence-corrected chi connectivity index (χ4v) is 5.31. The van der Waals surface area contributed by atoms with Crippen LogP contribution in [0.5, 0.6) is 0 Å². The average Bonchev–Trinajstić information content (AvgIpc) is 2.90. The van der Waals surface area contributed by atoms with Crippen molar-refractivity contribution in [2.75, 3.05) is 12.3 Å². The maximum absolute atomic E-state index is 12.6. The molecule has 1 N–H and O–H groups in total. The van der Waals surface area contributed by atoms with Gasteiger partial charge in [-0.3, -0.25) is 9.79 Å². The molecule has 3 unspecified atom stereocenters. The van der Waals surface area contributed by atoms with Gasteiger partial charge in [0.05, 0.1) is 16.4 Å². The second kappa shape index (κ2) is 7.22. The third kappa shape index (κ3) is 3.00. The van der Waals surface area contributed by atoms with Crippen molar-refractivity contribution in [3.05, 3.63) is 23.9 Å². The van der Waals surface area contributed by atoms with Crippen molar-refractivity contribution in [1.29, 1.82) is 0 Å². The number of nitrogens with one attached hydrogen (secondary N) is 1. The molecule has 2 heterocycles. The number of thioether (sulfide) groups is 1. The first-order valence-corrected chi connectivity index (χ1v) is 8.97. The number of hydrogen-bond acceptors (Lipinski definition) is 3. The van der Waals surface area contributed by atoms with E-state index in [0.29, 0.717) is 11.8 Å². The summed E-state index contributed by atoms with van der Waals surface area (Å²) < 4.78 is 0.0574. The molecule has 1 aliphatic carbocycles. The van der Waals surface area contributed by atoms with Crippen LogP contribution in [0.15, 0.2) is 28.9 Å². The largest absolute Gasteiger partial charge is 0.356 e. The van der Waals surface area contributed by atoms with Gasteiger partial charge in [-0.1, -0.05) is 32.4 Å². The molecule has 0 aromatic rings.